The van der Waals surface area contributed by atoms with E-state index in [0.717, 1.165) is 12.8 Å². The fraction of sp³-hybridized carbons (Fsp3) is 0.353. The molecule has 0 bridgehead atoms. The first-order valence-corrected chi connectivity index (χ1v) is 7.44. The quantitative estimate of drug-likeness (QED) is 0.944. The molecule has 4 nitrogen and oxygen atoms in total. The van der Waals surface area contributed by atoms with Gasteiger partial charge >= 0.3 is 0 Å². The molecule has 0 radical (unpaired) electrons. The van der Waals surface area contributed by atoms with Crippen LogP contribution in [0.2, 0.25) is 0 Å². The molecule has 2 unspecified atom stereocenters. The van der Waals surface area contributed by atoms with Crippen molar-refractivity contribution in [3.8, 4) is 0 Å². The number of amides is 1. The molecule has 0 aliphatic carbocycles. The monoisotopic (exact) mass is 303 g/mol. The van der Waals surface area contributed by atoms with E-state index in [0.29, 0.717) is 18.7 Å². The number of carbonyl (C=O) groups is 1. The molecule has 0 saturated carbocycles. The van der Waals surface area contributed by atoms with Gasteiger partial charge in [-0.05, 0) is 37.1 Å². The molecule has 1 saturated heterocycles. The summed E-state index contributed by atoms with van der Waals surface area (Å²) in [5, 5.41) is 10.2. The molecule has 1 aromatic heterocycles. The summed E-state index contributed by atoms with van der Waals surface area (Å²) in [5.41, 5.74) is 0.0851. The Morgan fingerprint density at radius 1 is 1.36 bits per heavy atom. The zero-order chi connectivity index (χ0) is 15.5. The van der Waals surface area contributed by atoms with Crippen LogP contribution in [-0.4, -0.2) is 28.5 Å². The van der Waals surface area contributed by atoms with Crippen molar-refractivity contribution in [3.63, 3.8) is 0 Å². The van der Waals surface area contributed by atoms with Crippen molar-refractivity contribution in [2.45, 2.75) is 31.4 Å². The van der Waals surface area contributed by atoms with E-state index in [9.17, 15) is 14.3 Å². The van der Waals surface area contributed by atoms with E-state index in [4.69, 9.17) is 4.42 Å². The zero-order valence-corrected chi connectivity index (χ0v) is 12.1. The molecule has 1 aromatic carbocycles. The normalized spacial score (nSPS) is 19.4. The van der Waals surface area contributed by atoms with Crippen molar-refractivity contribution in [3.05, 3.63) is 59.8 Å². The van der Waals surface area contributed by atoms with Gasteiger partial charge in [0.1, 0.15) is 17.7 Å². The van der Waals surface area contributed by atoms with Crippen molar-refractivity contribution >= 4 is 5.91 Å². The number of rotatable bonds is 4. The number of furan rings is 1. The lowest BCUT2D eigenvalue weighted by molar-refractivity contribution is 0.0637. The van der Waals surface area contributed by atoms with Crippen molar-refractivity contribution in [1.82, 2.24) is 4.90 Å². The minimum atomic E-state index is -0.756. The second kappa shape index (κ2) is 6.32. The van der Waals surface area contributed by atoms with Gasteiger partial charge in [0, 0.05) is 19.0 Å². The first-order valence-electron chi connectivity index (χ1n) is 7.44. The van der Waals surface area contributed by atoms with Crippen molar-refractivity contribution < 1.29 is 18.7 Å². The van der Waals surface area contributed by atoms with Crippen LogP contribution in [0.25, 0.3) is 0 Å². The van der Waals surface area contributed by atoms with E-state index in [1.807, 2.05) is 0 Å². The van der Waals surface area contributed by atoms with Crippen LogP contribution in [0.4, 0.5) is 4.39 Å². The molecule has 0 spiro atoms. The highest BCUT2D eigenvalue weighted by molar-refractivity contribution is 5.94. The van der Waals surface area contributed by atoms with E-state index in [1.54, 1.807) is 29.2 Å². The van der Waals surface area contributed by atoms with E-state index in [2.05, 4.69) is 0 Å². The number of aliphatic hydroxyl groups excluding tert-OH is 1. The lowest BCUT2D eigenvalue weighted by Crippen LogP contribution is -2.36. The largest absolute Gasteiger partial charge is 0.467 e. The summed E-state index contributed by atoms with van der Waals surface area (Å²) >= 11 is 0. The molecule has 22 heavy (non-hydrogen) atoms. The number of halogens is 1. The van der Waals surface area contributed by atoms with Crippen LogP contribution < -0.4 is 0 Å². The fourth-order valence-corrected chi connectivity index (χ4v) is 2.99. The number of carbonyl (C=O) groups excluding carboxylic acids is 1. The summed E-state index contributed by atoms with van der Waals surface area (Å²) in [6, 6.07) is 9.32. The first kappa shape index (κ1) is 14.8. The molecule has 1 fully saturated rings. The lowest BCUT2D eigenvalue weighted by Gasteiger charge is -2.26. The predicted molar refractivity (Wildman–Crippen MR) is 78.7 cm³/mol. The fourth-order valence-electron chi connectivity index (χ4n) is 2.99. The maximum Gasteiger partial charge on any atom is 0.257 e. The van der Waals surface area contributed by atoms with Gasteiger partial charge < -0.3 is 14.4 Å². The van der Waals surface area contributed by atoms with Crippen LogP contribution in [0.15, 0.2) is 47.1 Å². The van der Waals surface area contributed by atoms with Gasteiger partial charge in [-0.1, -0.05) is 12.1 Å². The van der Waals surface area contributed by atoms with E-state index in [1.165, 1.54) is 18.4 Å². The molecule has 1 amide bonds. The third-order valence-electron chi connectivity index (χ3n) is 4.11. The van der Waals surface area contributed by atoms with Crippen molar-refractivity contribution in [2.75, 3.05) is 6.54 Å². The summed E-state index contributed by atoms with van der Waals surface area (Å²) < 4.78 is 19.0. The number of likely N-dealkylation sites (tertiary alicyclic amines) is 1. The van der Waals surface area contributed by atoms with Gasteiger partial charge in [-0.15, -0.1) is 0 Å². The summed E-state index contributed by atoms with van der Waals surface area (Å²) in [6.45, 7) is 0.586. The standard InChI is InChI=1S/C17H18FNO3/c18-14-7-2-1-6-13(14)17(21)19-9-3-5-12(19)11-15(20)16-8-4-10-22-16/h1-2,4,6-8,10,12,15,20H,3,5,9,11H2. The Morgan fingerprint density at radius 2 is 2.18 bits per heavy atom. The highest BCUT2D eigenvalue weighted by atomic mass is 19.1. The molecule has 1 N–H and O–H groups in total. The summed E-state index contributed by atoms with van der Waals surface area (Å²) in [4.78, 5) is 14.2. The summed E-state index contributed by atoms with van der Waals surface area (Å²) in [7, 11) is 0. The second-order valence-corrected chi connectivity index (χ2v) is 5.54. The molecular weight excluding hydrogens is 285 g/mol. The summed E-state index contributed by atoms with van der Waals surface area (Å²) in [5.74, 6) is -0.331. The van der Waals surface area contributed by atoms with Crippen LogP contribution >= 0.6 is 0 Å². The molecule has 2 heterocycles. The third kappa shape index (κ3) is 2.90. The molecular formula is C17H18FNO3. The highest BCUT2D eigenvalue weighted by Crippen LogP contribution is 2.29. The molecule has 1 aliphatic rings. The molecule has 3 rings (SSSR count). The van der Waals surface area contributed by atoms with Gasteiger partial charge in [-0.2, -0.15) is 0 Å². The Bertz CT molecular complexity index is 641. The number of aliphatic hydroxyl groups is 1. The average molecular weight is 303 g/mol. The molecule has 2 atom stereocenters. The van der Waals surface area contributed by atoms with E-state index in [-0.39, 0.29) is 17.5 Å². The van der Waals surface area contributed by atoms with Crippen molar-refractivity contribution in [2.24, 2.45) is 0 Å². The maximum absolute atomic E-state index is 13.8. The Hall–Kier alpha value is -2.14. The highest BCUT2D eigenvalue weighted by Gasteiger charge is 2.32. The van der Waals surface area contributed by atoms with Crippen LogP contribution in [0, 0.1) is 5.82 Å². The van der Waals surface area contributed by atoms with Crippen LogP contribution in [0.5, 0.6) is 0 Å². The maximum atomic E-state index is 13.8. The number of benzene rings is 1. The number of hydrogen-bond donors (Lipinski definition) is 1. The Balaban J connectivity index is 1.73. The minimum Gasteiger partial charge on any atom is -0.467 e. The third-order valence-corrected chi connectivity index (χ3v) is 4.11. The van der Waals surface area contributed by atoms with Gasteiger partial charge in [0.2, 0.25) is 0 Å². The number of hydrogen-bond acceptors (Lipinski definition) is 3. The van der Waals surface area contributed by atoms with Gasteiger partial charge in [0.15, 0.2) is 0 Å². The van der Waals surface area contributed by atoms with Gasteiger partial charge in [0.05, 0.1) is 11.8 Å². The molecule has 2 aromatic rings. The van der Waals surface area contributed by atoms with E-state index >= 15 is 0 Å². The van der Waals surface area contributed by atoms with Crippen LogP contribution in [0.1, 0.15) is 41.5 Å². The number of nitrogens with zero attached hydrogens (tertiary/aromatic N) is 1. The summed E-state index contributed by atoms with van der Waals surface area (Å²) in [6.07, 6.45) is 2.81. The Kier molecular flexibility index (Phi) is 4.24. The smallest absolute Gasteiger partial charge is 0.257 e. The SMILES string of the molecule is O=C(c1ccccc1F)N1CCCC1CC(O)c1ccco1. The molecule has 116 valence electrons. The van der Waals surface area contributed by atoms with Gasteiger partial charge in [0.25, 0.3) is 5.91 Å². The molecule has 5 heteroatoms. The topological polar surface area (TPSA) is 53.7 Å². The van der Waals surface area contributed by atoms with Crippen LogP contribution in [0.3, 0.4) is 0 Å². The predicted octanol–water partition coefficient (Wildman–Crippen LogP) is 3.15. The van der Waals surface area contributed by atoms with E-state index < -0.39 is 11.9 Å². The Morgan fingerprint density at radius 3 is 2.91 bits per heavy atom. The van der Waals surface area contributed by atoms with Gasteiger partial charge in [-0.3, -0.25) is 4.79 Å². The molecule has 1 aliphatic heterocycles. The Labute approximate surface area is 128 Å². The van der Waals surface area contributed by atoms with Gasteiger partial charge in [-0.25, -0.2) is 4.39 Å². The second-order valence-electron chi connectivity index (χ2n) is 5.54. The average Bonchev–Trinajstić information content (AvgIpc) is 3.18. The zero-order valence-electron chi connectivity index (χ0n) is 12.1. The van der Waals surface area contributed by atoms with Crippen molar-refractivity contribution in [1.29, 1.82) is 0 Å². The lowest BCUT2D eigenvalue weighted by atomic mass is 10.0. The first-order chi connectivity index (χ1) is 10.7. The van der Waals surface area contributed by atoms with Crippen LogP contribution in [-0.2, 0) is 0 Å². The minimum absolute atomic E-state index is 0.0851.